The smallest absolute Gasteiger partial charge is 0.427 e. The first-order valence-corrected chi connectivity index (χ1v) is 6.60. The highest BCUT2D eigenvalue weighted by Gasteiger charge is 2.49. The highest BCUT2D eigenvalue weighted by atomic mass is 32.2. The number of halogens is 3. The first-order chi connectivity index (χ1) is 8.67. The van der Waals surface area contributed by atoms with Crippen LogP contribution < -0.4 is 0 Å². The number of alkyl halides is 3. The maximum Gasteiger partial charge on any atom is 0.523 e. The molecule has 1 rings (SSSR count). The van der Waals surface area contributed by atoms with E-state index in [1.54, 1.807) is 19.1 Å². The van der Waals surface area contributed by atoms with Crippen LogP contribution in [0.3, 0.4) is 0 Å². The summed E-state index contributed by atoms with van der Waals surface area (Å²) in [6.45, 7) is 1.77. The topological polar surface area (TPSA) is 69.7 Å². The van der Waals surface area contributed by atoms with Gasteiger partial charge in [-0.1, -0.05) is 12.2 Å². The van der Waals surface area contributed by atoms with Gasteiger partial charge in [0.05, 0.1) is 0 Å². The fraction of sp³-hybridized carbons (Fsp3) is 0.500. The Morgan fingerprint density at radius 3 is 2.63 bits per heavy atom. The molecule has 0 spiro atoms. The highest BCUT2D eigenvalue weighted by molar-refractivity contribution is 7.87. The van der Waals surface area contributed by atoms with E-state index >= 15 is 0 Å². The monoisotopic (exact) mass is 300 g/mol. The van der Waals surface area contributed by atoms with Crippen molar-refractivity contribution in [3.05, 3.63) is 23.8 Å². The van der Waals surface area contributed by atoms with Crippen LogP contribution in [-0.4, -0.2) is 26.2 Å². The molecule has 0 bridgehead atoms. The Bertz CT molecular complexity index is 504. The molecule has 0 fully saturated rings. The van der Waals surface area contributed by atoms with Crippen molar-refractivity contribution in [1.29, 1.82) is 0 Å². The summed E-state index contributed by atoms with van der Waals surface area (Å²) in [7, 11) is -5.79. The molecule has 0 aromatic heterocycles. The first-order valence-electron chi connectivity index (χ1n) is 5.20. The standard InChI is InChI=1S/C10H11F3O5S/c1-2-3-4-5-7-6-8(17-9(7)14)18-19(15,16)10(11,12)13/h2-3,6,8H,4-5H2,1H3/b3-2+. The lowest BCUT2D eigenvalue weighted by molar-refractivity contribution is -0.150. The van der Waals surface area contributed by atoms with Crippen LogP contribution >= 0.6 is 0 Å². The highest BCUT2D eigenvalue weighted by Crippen LogP contribution is 2.28. The van der Waals surface area contributed by atoms with E-state index in [1.165, 1.54) is 0 Å². The zero-order chi connectivity index (χ0) is 14.7. The lowest BCUT2D eigenvalue weighted by Crippen LogP contribution is -2.29. The number of cyclic esters (lactones) is 1. The molecule has 0 aromatic rings. The van der Waals surface area contributed by atoms with Crippen molar-refractivity contribution in [3.63, 3.8) is 0 Å². The van der Waals surface area contributed by atoms with E-state index in [1.807, 2.05) is 0 Å². The molecule has 1 atom stereocenters. The van der Waals surface area contributed by atoms with Gasteiger partial charge >= 0.3 is 21.6 Å². The van der Waals surface area contributed by atoms with E-state index in [-0.39, 0.29) is 12.0 Å². The van der Waals surface area contributed by atoms with Gasteiger partial charge in [0, 0.05) is 5.57 Å². The molecule has 0 saturated carbocycles. The van der Waals surface area contributed by atoms with Crippen molar-refractivity contribution < 1.29 is 35.3 Å². The number of carbonyl (C=O) groups is 1. The number of ether oxygens (including phenoxy) is 1. The summed E-state index contributed by atoms with van der Waals surface area (Å²) in [6, 6.07) is 0. The lowest BCUT2D eigenvalue weighted by atomic mass is 10.1. The van der Waals surface area contributed by atoms with Crippen molar-refractivity contribution in [2.24, 2.45) is 0 Å². The SMILES string of the molecule is C/C=C/CCC1=CC(OS(=O)(=O)C(F)(F)F)OC1=O. The molecule has 1 aliphatic heterocycles. The number of carbonyl (C=O) groups excluding carboxylic acids is 1. The van der Waals surface area contributed by atoms with Crippen LogP contribution in [0.15, 0.2) is 23.8 Å². The maximum absolute atomic E-state index is 12.0. The van der Waals surface area contributed by atoms with Crippen molar-refractivity contribution >= 4 is 16.1 Å². The summed E-state index contributed by atoms with van der Waals surface area (Å²) < 4.78 is 65.7. The second kappa shape index (κ2) is 5.74. The minimum atomic E-state index is -5.79. The predicted molar refractivity (Wildman–Crippen MR) is 58.1 cm³/mol. The van der Waals surface area contributed by atoms with Gasteiger partial charge in [0.25, 0.3) is 0 Å². The van der Waals surface area contributed by atoms with Crippen LogP contribution in [0, 0.1) is 0 Å². The molecule has 0 aliphatic carbocycles. The summed E-state index contributed by atoms with van der Waals surface area (Å²) in [4.78, 5) is 11.2. The zero-order valence-corrected chi connectivity index (χ0v) is 10.6. The fourth-order valence-corrected chi connectivity index (χ4v) is 1.72. The molecule has 0 amide bonds. The quantitative estimate of drug-likeness (QED) is 0.336. The van der Waals surface area contributed by atoms with Crippen LogP contribution in [0.5, 0.6) is 0 Å². The number of hydrogen-bond donors (Lipinski definition) is 0. The average molecular weight is 300 g/mol. The Labute approximate surface area is 107 Å². The third-order valence-corrected chi connectivity index (χ3v) is 3.15. The summed E-state index contributed by atoms with van der Waals surface area (Å²) in [5.41, 5.74) is -5.47. The number of rotatable bonds is 5. The second-order valence-corrected chi connectivity index (χ2v) is 5.13. The largest absolute Gasteiger partial charge is 0.523 e. The third-order valence-electron chi connectivity index (χ3n) is 2.14. The van der Waals surface area contributed by atoms with E-state index in [9.17, 15) is 26.4 Å². The van der Waals surface area contributed by atoms with Gasteiger partial charge in [0.15, 0.2) is 0 Å². The molecule has 0 N–H and O–H groups in total. The Morgan fingerprint density at radius 2 is 2.11 bits per heavy atom. The van der Waals surface area contributed by atoms with Crippen molar-refractivity contribution in [2.45, 2.75) is 31.6 Å². The molecular formula is C10H11F3O5S. The van der Waals surface area contributed by atoms with Gasteiger partial charge in [0.2, 0.25) is 6.29 Å². The molecule has 5 nitrogen and oxygen atoms in total. The summed E-state index contributed by atoms with van der Waals surface area (Å²) in [5, 5.41) is 0. The lowest BCUT2D eigenvalue weighted by Gasteiger charge is -2.11. The van der Waals surface area contributed by atoms with E-state index in [4.69, 9.17) is 0 Å². The van der Waals surface area contributed by atoms with E-state index < -0.39 is 27.9 Å². The van der Waals surface area contributed by atoms with Crippen molar-refractivity contribution in [2.75, 3.05) is 0 Å². The Kier molecular flexibility index (Phi) is 4.75. The van der Waals surface area contributed by atoms with Crippen LogP contribution in [-0.2, 0) is 23.8 Å². The van der Waals surface area contributed by atoms with Crippen LogP contribution in [0.1, 0.15) is 19.8 Å². The van der Waals surface area contributed by atoms with Crippen LogP contribution in [0.25, 0.3) is 0 Å². The molecule has 1 heterocycles. The van der Waals surface area contributed by atoms with Gasteiger partial charge in [-0.2, -0.15) is 21.6 Å². The van der Waals surface area contributed by atoms with E-state index in [0.29, 0.717) is 6.42 Å². The van der Waals surface area contributed by atoms with Gasteiger partial charge < -0.3 is 4.74 Å². The van der Waals surface area contributed by atoms with E-state index in [2.05, 4.69) is 8.92 Å². The van der Waals surface area contributed by atoms with Crippen molar-refractivity contribution in [1.82, 2.24) is 0 Å². The molecule has 0 saturated heterocycles. The van der Waals surface area contributed by atoms with Crippen LogP contribution in [0.4, 0.5) is 13.2 Å². The Balaban J connectivity index is 2.71. The van der Waals surface area contributed by atoms with E-state index in [0.717, 1.165) is 6.08 Å². The van der Waals surface area contributed by atoms with Crippen molar-refractivity contribution in [3.8, 4) is 0 Å². The van der Waals surface area contributed by atoms with Gasteiger partial charge in [-0.15, -0.1) is 0 Å². The third kappa shape index (κ3) is 4.06. The molecule has 1 unspecified atom stereocenters. The minimum absolute atomic E-state index is 0.0838. The molecule has 108 valence electrons. The number of hydrogen-bond acceptors (Lipinski definition) is 5. The molecular weight excluding hydrogens is 289 g/mol. The average Bonchev–Trinajstić information content (AvgIpc) is 2.57. The molecule has 19 heavy (non-hydrogen) atoms. The molecule has 0 aromatic carbocycles. The van der Waals surface area contributed by atoms with Gasteiger partial charge in [0.1, 0.15) is 0 Å². The number of allylic oxidation sites excluding steroid dienone is 2. The zero-order valence-electron chi connectivity index (χ0n) is 9.81. The fourth-order valence-electron chi connectivity index (χ4n) is 1.27. The van der Waals surface area contributed by atoms with Crippen LogP contribution in [0.2, 0.25) is 0 Å². The summed E-state index contributed by atoms with van der Waals surface area (Å²) in [5.74, 6) is -0.883. The maximum atomic E-state index is 12.0. The van der Waals surface area contributed by atoms with Gasteiger partial charge in [-0.3, -0.25) is 0 Å². The minimum Gasteiger partial charge on any atom is -0.427 e. The summed E-state index contributed by atoms with van der Waals surface area (Å²) >= 11 is 0. The van der Waals surface area contributed by atoms with Gasteiger partial charge in [-0.05, 0) is 25.8 Å². The molecule has 0 radical (unpaired) electrons. The van der Waals surface area contributed by atoms with Gasteiger partial charge in [-0.25, -0.2) is 8.98 Å². The number of esters is 1. The first kappa shape index (κ1) is 15.7. The Morgan fingerprint density at radius 1 is 1.47 bits per heavy atom. The Hall–Kier alpha value is -1.35. The summed E-state index contributed by atoms with van der Waals surface area (Å²) in [6.07, 6.45) is 3.26. The second-order valence-electron chi connectivity index (χ2n) is 3.57. The normalized spacial score (nSPS) is 20.7. The molecule has 1 aliphatic rings. The predicted octanol–water partition coefficient (Wildman–Crippen LogP) is 2.02. The molecule has 9 heteroatoms.